The molecule has 2 N–H and O–H groups in total. The van der Waals surface area contributed by atoms with E-state index in [4.69, 9.17) is 0 Å². The van der Waals surface area contributed by atoms with E-state index in [2.05, 4.69) is 4.72 Å². The van der Waals surface area contributed by atoms with Crippen LogP contribution in [0.5, 0.6) is 0 Å². The molecule has 5 heteroatoms. The summed E-state index contributed by atoms with van der Waals surface area (Å²) < 4.78 is 25.5. The lowest BCUT2D eigenvalue weighted by atomic mass is 10.1. The Bertz CT molecular complexity index is 409. The summed E-state index contributed by atoms with van der Waals surface area (Å²) in [5.74, 6) is 0. The third kappa shape index (κ3) is 3.02. The molecule has 0 bridgehead atoms. The van der Waals surface area contributed by atoms with E-state index in [0.717, 1.165) is 0 Å². The summed E-state index contributed by atoms with van der Waals surface area (Å²) in [6, 6.07) is 6.18. The van der Waals surface area contributed by atoms with Crippen molar-refractivity contribution in [2.45, 2.75) is 24.8 Å². The van der Waals surface area contributed by atoms with E-state index in [0.29, 0.717) is 12.1 Å². The summed E-state index contributed by atoms with van der Waals surface area (Å²) in [5.41, 5.74) is 0.699. The molecular weight excluding hydrogens is 214 g/mol. The van der Waals surface area contributed by atoms with E-state index >= 15 is 0 Å². The first kappa shape index (κ1) is 12.2. The molecule has 0 saturated heterocycles. The van der Waals surface area contributed by atoms with Crippen LogP contribution in [-0.2, 0) is 10.0 Å². The van der Waals surface area contributed by atoms with Gasteiger partial charge >= 0.3 is 0 Å². The molecule has 1 aromatic rings. The molecule has 0 fully saturated rings. The maximum absolute atomic E-state index is 11.5. The van der Waals surface area contributed by atoms with Crippen LogP contribution in [-0.4, -0.2) is 20.1 Å². The van der Waals surface area contributed by atoms with Gasteiger partial charge in [0.1, 0.15) is 0 Å². The lowest BCUT2D eigenvalue weighted by Gasteiger charge is -2.07. The predicted octanol–water partition coefficient (Wildman–Crippen LogP) is 1.04. The highest BCUT2D eigenvalue weighted by molar-refractivity contribution is 7.89. The van der Waals surface area contributed by atoms with Gasteiger partial charge in [-0.3, -0.25) is 0 Å². The molecule has 0 radical (unpaired) electrons. The topological polar surface area (TPSA) is 66.4 Å². The molecule has 0 heterocycles. The van der Waals surface area contributed by atoms with Crippen molar-refractivity contribution in [3.8, 4) is 0 Å². The lowest BCUT2D eigenvalue weighted by molar-refractivity contribution is 0.199. The van der Waals surface area contributed by atoms with Crippen LogP contribution >= 0.6 is 0 Å². The minimum absolute atomic E-state index is 0.216. The van der Waals surface area contributed by atoms with Gasteiger partial charge in [0.2, 0.25) is 10.0 Å². The van der Waals surface area contributed by atoms with Crippen molar-refractivity contribution in [1.29, 1.82) is 0 Å². The molecule has 1 rings (SSSR count). The fraction of sp³-hybridized carbons (Fsp3) is 0.400. The zero-order valence-corrected chi connectivity index (χ0v) is 9.58. The van der Waals surface area contributed by atoms with E-state index in [9.17, 15) is 13.5 Å². The van der Waals surface area contributed by atoms with Crippen LogP contribution < -0.4 is 4.72 Å². The first-order valence-corrected chi connectivity index (χ1v) is 6.23. The largest absolute Gasteiger partial charge is 0.389 e. The van der Waals surface area contributed by atoms with Crippen LogP contribution in [0.25, 0.3) is 0 Å². The Balaban J connectivity index is 2.99. The number of aliphatic hydroxyl groups excluding tert-OH is 1. The summed E-state index contributed by atoms with van der Waals surface area (Å²) >= 11 is 0. The fourth-order valence-corrected chi connectivity index (χ4v) is 2.24. The van der Waals surface area contributed by atoms with Gasteiger partial charge in [-0.2, -0.15) is 0 Å². The molecule has 1 aromatic carbocycles. The highest BCUT2D eigenvalue weighted by atomic mass is 32.2. The fourth-order valence-electron chi connectivity index (χ4n) is 1.20. The van der Waals surface area contributed by atoms with E-state index in [1.54, 1.807) is 26.0 Å². The molecule has 84 valence electrons. The average Bonchev–Trinajstić information content (AvgIpc) is 2.18. The SMILES string of the molecule is CCNS(=O)(=O)c1ccc(C(C)O)cc1. The van der Waals surface area contributed by atoms with Gasteiger partial charge in [-0.05, 0) is 24.6 Å². The second-order valence-electron chi connectivity index (χ2n) is 3.25. The Hall–Kier alpha value is -0.910. The molecule has 1 atom stereocenters. The smallest absolute Gasteiger partial charge is 0.240 e. The average molecular weight is 229 g/mol. The Kier molecular flexibility index (Phi) is 3.84. The monoisotopic (exact) mass is 229 g/mol. The van der Waals surface area contributed by atoms with Crippen molar-refractivity contribution in [2.75, 3.05) is 6.54 Å². The van der Waals surface area contributed by atoms with Gasteiger partial charge in [0.25, 0.3) is 0 Å². The number of benzene rings is 1. The van der Waals surface area contributed by atoms with Crippen LogP contribution in [0.2, 0.25) is 0 Å². The number of nitrogens with one attached hydrogen (secondary N) is 1. The number of rotatable bonds is 4. The normalized spacial score (nSPS) is 13.8. The van der Waals surface area contributed by atoms with Crippen LogP contribution in [0.15, 0.2) is 29.2 Å². The molecular formula is C10H15NO3S. The van der Waals surface area contributed by atoms with Crippen molar-refractivity contribution in [1.82, 2.24) is 4.72 Å². The van der Waals surface area contributed by atoms with Gasteiger partial charge in [-0.15, -0.1) is 0 Å². The van der Waals surface area contributed by atoms with E-state index in [1.807, 2.05) is 0 Å². The highest BCUT2D eigenvalue weighted by Gasteiger charge is 2.12. The molecule has 15 heavy (non-hydrogen) atoms. The lowest BCUT2D eigenvalue weighted by Crippen LogP contribution is -2.23. The first-order valence-electron chi connectivity index (χ1n) is 4.75. The molecule has 1 unspecified atom stereocenters. The molecule has 0 aromatic heterocycles. The van der Waals surface area contributed by atoms with Crippen LogP contribution in [0, 0.1) is 0 Å². The van der Waals surface area contributed by atoms with Crippen molar-refractivity contribution in [3.05, 3.63) is 29.8 Å². The molecule has 4 nitrogen and oxygen atoms in total. The predicted molar refractivity (Wildman–Crippen MR) is 57.9 cm³/mol. The van der Waals surface area contributed by atoms with E-state index in [1.165, 1.54) is 12.1 Å². The van der Waals surface area contributed by atoms with Crippen molar-refractivity contribution >= 4 is 10.0 Å². The zero-order chi connectivity index (χ0) is 11.5. The van der Waals surface area contributed by atoms with Gasteiger partial charge in [-0.1, -0.05) is 19.1 Å². The van der Waals surface area contributed by atoms with Crippen molar-refractivity contribution < 1.29 is 13.5 Å². The number of sulfonamides is 1. The minimum atomic E-state index is -3.38. The minimum Gasteiger partial charge on any atom is -0.389 e. The van der Waals surface area contributed by atoms with E-state index in [-0.39, 0.29) is 4.90 Å². The Labute approximate surface area is 90.0 Å². The second kappa shape index (κ2) is 4.74. The first-order chi connectivity index (χ1) is 6.97. The Morgan fingerprint density at radius 1 is 1.33 bits per heavy atom. The zero-order valence-electron chi connectivity index (χ0n) is 8.77. The van der Waals surface area contributed by atoms with Gasteiger partial charge < -0.3 is 5.11 Å². The molecule has 0 spiro atoms. The van der Waals surface area contributed by atoms with Crippen LogP contribution in [0.3, 0.4) is 0 Å². The summed E-state index contributed by atoms with van der Waals surface area (Å²) in [6.07, 6.45) is -0.583. The summed E-state index contributed by atoms with van der Waals surface area (Å²) in [6.45, 7) is 3.72. The van der Waals surface area contributed by atoms with Gasteiger partial charge in [0.05, 0.1) is 11.0 Å². The maximum atomic E-state index is 11.5. The number of aliphatic hydroxyl groups is 1. The van der Waals surface area contributed by atoms with Gasteiger partial charge in [0.15, 0.2) is 0 Å². The summed E-state index contributed by atoms with van der Waals surface area (Å²) in [4.78, 5) is 0.216. The van der Waals surface area contributed by atoms with Crippen LogP contribution in [0.1, 0.15) is 25.5 Å². The van der Waals surface area contributed by atoms with Crippen LogP contribution in [0.4, 0.5) is 0 Å². The molecule has 0 saturated carbocycles. The third-order valence-electron chi connectivity index (χ3n) is 2.01. The molecule has 0 aliphatic carbocycles. The van der Waals surface area contributed by atoms with Crippen molar-refractivity contribution in [3.63, 3.8) is 0 Å². The molecule has 0 amide bonds. The summed E-state index contributed by atoms with van der Waals surface area (Å²) in [5, 5.41) is 9.26. The molecule has 0 aliphatic rings. The van der Waals surface area contributed by atoms with Crippen molar-refractivity contribution in [2.24, 2.45) is 0 Å². The quantitative estimate of drug-likeness (QED) is 0.810. The standard InChI is InChI=1S/C10H15NO3S/c1-3-11-15(13,14)10-6-4-9(5-7-10)8(2)12/h4-8,11-12H,3H2,1-2H3. The Morgan fingerprint density at radius 2 is 1.87 bits per heavy atom. The second-order valence-corrected chi connectivity index (χ2v) is 5.01. The van der Waals surface area contributed by atoms with Gasteiger partial charge in [0, 0.05) is 6.54 Å². The van der Waals surface area contributed by atoms with E-state index < -0.39 is 16.1 Å². The Morgan fingerprint density at radius 3 is 2.27 bits per heavy atom. The summed E-state index contributed by atoms with van der Waals surface area (Å²) in [7, 11) is -3.38. The van der Waals surface area contributed by atoms with Gasteiger partial charge in [-0.25, -0.2) is 13.1 Å². The third-order valence-corrected chi connectivity index (χ3v) is 3.57. The number of hydrogen-bond acceptors (Lipinski definition) is 3. The number of hydrogen-bond donors (Lipinski definition) is 2. The highest BCUT2D eigenvalue weighted by Crippen LogP contribution is 2.15. The molecule has 0 aliphatic heterocycles. The maximum Gasteiger partial charge on any atom is 0.240 e.